The van der Waals surface area contributed by atoms with Gasteiger partial charge in [0.2, 0.25) is 0 Å². The highest BCUT2D eigenvalue weighted by molar-refractivity contribution is 7.90. The fourth-order valence-electron chi connectivity index (χ4n) is 1.42. The number of halogens is 1. The second-order valence-corrected chi connectivity index (χ2v) is 6.65. The van der Waals surface area contributed by atoms with Crippen LogP contribution in [0.4, 0.5) is 4.39 Å². The number of hydrogen-bond acceptors (Lipinski definition) is 2. The number of sulfone groups is 1. The van der Waals surface area contributed by atoms with E-state index in [0.717, 1.165) is 12.3 Å². The predicted octanol–water partition coefficient (Wildman–Crippen LogP) is 2.53. The molecular formula is C11H15FO2S. The first-order chi connectivity index (χ1) is 6.62. The van der Waals surface area contributed by atoms with Crippen molar-refractivity contribution in [2.45, 2.75) is 31.1 Å². The first-order valence-corrected chi connectivity index (χ1v) is 6.51. The molecule has 0 amide bonds. The minimum Gasteiger partial charge on any atom is -0.224 e. The Morgan fingerprint density at radius 3 is 2.13 bits per heavy atom. The SMILES string of the molecule is CC(C)(C)c1ccc(F)cc1S(C)(=O)=O. The van der Waals surface area contributed by atoms with E-state index in [0.29, 0.717) is 5.56 Å². The number of hydrogen-bond donors (Lipinski definition) is 0. The molecule has 1 rings (SSSR count). The Morgan fingerprint density at radius 1 is 1.20 bits per heavy atom. The molecule has 0 saturated heterocycles. The topological polar surface area (TPSA) is 34.1 Å². The van der Waals surface area contributed by atoms with E-state index in [1.54, 1.807) is 0 Å². The van der Waals surface area contributed by atoms with Gasteiger partial charge >= 0.3 is 0 Å². The van der Waals surface area contributed by atoms with Crippen LogP contribution in [0.25, 0.3) is 0 Å². The van der Waals surface area contributed by atoms with Gasteiger partial charge in [0.25, 0.3) is 0 Å². The van der Waals surface area contributed by atoms with E-state index in [1.165, 1.54) is 12.1 Å². The van der Waals surface area contributed by atoms with Crippen molar-refractivity contribution in [2.24, 2.45) is 0 Å². The molecule has 0 aliphatic rings. The van der Waals surface area contributed by atoms with Crippen LogP contribution in [0.5, 0.6) is 0 Å². The van der Waals surface area contributed by atoms with Crippen molar-refractivity contribution in [2.75, 3.05) is 6.26 Å². The van der Waals surface area contributed by atoms with Gasteiger partial charge < -0.3 is 0 Å². The second-order valence-electron chi connectivity index (χ2n) is 4.66. The molecule has 2 nitrogen and oxygen atoms in total. The molecule has 1 aromatic rings. The Morgan fingerprint density at radius 2 is 1.73 bits per heavy atom. The Bertz CT molecular complexity index is 470. The molecule has 4 heteroatoms. The van der Waals surface area contributed by atoms with Crippen molar-refractivity contribution >= 4 is 9.84 Å². The summed E-state index contributed by atoms with van der Waals surface area (Å²) in [5, 5.41) is 0. The van der Waals surface area contributed by atoms with Crippen molar-refractivity contribution < 1.29 is 12.8 Å². The summed E-state index contributed by atoms with van der Waals surface area (Å²) in [4.78, 5) is 0.0787. The molecule has 84 valence electrons. The van der Waals surface area contributed by atoms with Gasteiger partial charge in [-0.1, -0.05) is 26.8 Å². The monoisotopic (exact) mass is 230 g/mol. The van der Waals surface area contributed by atoms with Gasteiger partial charge in [0, 0.05) is 6.26 Å². The Balaban J connectivity index is 3.55. The first-order valence-electron chi connectivity index (χ1n) is 4.62. The van der Waals surface area contributed by atoms with Crippen LogP contribution in [0, 0.1) is 5.82 Å². The highest BCUT2D eigenvalue weighted by atomic mass is 32.2. The van der Waals surface area contributed by atoms with Crippen LogP contribution < -0.4 is 0 Å². The minimum absolute atomic E-state index is 0.0787. The Labute approximate surface area is 90.0 Å². The van der Waals surface area contributed by atoms with Crippen LogP contribution in [-0.2, 0) is 15.3 Å². The fraction of sp³-hybridized carbons (Fsp3) is 0.455. The maximum absolute atomic E-state index is 13.0. The van der Waals surface area contributed by atoms with Gasteiger partial charge in [-0.25, -0.2) is 12.8 Å². The summed E-state index contributed by atoms with van der Waals surface area (Å²) >= 11 is 0. The van der Waals surface area contributed by atoms with Crippen LogP contribution >= 0.6 is 0 Å². The van der Waals surface area contributed by atoms with E-state index < -0.39 is 15.7 Å². The molecule has 0 aliphatic carbocycles. The van der Waals surface area contributed by atoms with E-state index >= 15 is 0 Å². The molecule has 0 heterocycles. The van der Waals surface area contributed by atoms with Gasteiger partial charge in [0.1, 0.15) is 5.82 Å². The van der Waals surface area contributed by atoms with Crippen molar-refractivity contribution in [3.05, 3.63) is 29.6 Å². The van der Waals surface area contributed by atoms with E-state index in [-0.39, 0.29) is 10.3 Å². The van der Waals surface area contributed by atoms with Gasteiger partial charge in [0.15, 0.2) is 9.84 Å². The Hall–Kier alpha value is -0.900. The summed E-state index contributed by atoms with van der Waals surface area (Å²) in [5.41, 5.74) is 0.331. The smallest absolute Gasteiger partial charge is 0.175 e. The molecule has 0 aromatic heterocycles. The molecule has 0 fully saturated rings. The van der Waals surface area contributed by atoms with Gasteiger partial charge in [0.05, 0.1) is 4.90 Å². The highest BCUT2D eigenvalue weighted by Gasteiger charge is 2.23. The highest BCUT2D eigenvalue weighted by Crippen LogP contribution is 2.29. The molecule has 15 heavy (non-hydrogen) atoms. The Kier molecular flexibility index (Phi) is 2.92. The molecule has 0 atom stereocenters. The lowest BCUT2D eigenvalue weighted by Crippen LogP contribution is -2.16. The number of benzene rings is 1. The van der Waals surface area contributed by atoms with E-state index in [2.05, 4.69) is 0 Å². The van der Waals surface area contributed by atoms with Gasteiger partial charge in [-0.15, -0.1) is 0 Å². The van der Waals surface area contributed by atoms with Crippen molar-refractivity contribution in [1.29, 1.82) is 0 Å². The zero-order valence-electron chi connectivity index (χ0n) is 9.33. The zero-order valence-corrected chi connectivity index (χ0v) is 10.2. The molecule has 0 saturated carbocycles. The molecule has 0 radical (unpaired) electrons. The van der Waals surface area contributed by atoms with Crippen molar-refractivity contribution in [3.8, 4) is 0 Å². The normalized spacial score (nSPS) is 12.9. The van der Waals surface area contributed by atoms with E-state index in [1.807, 2.05) is 20.8 Å². The third-order valence-corrected chi connectivity index (χ3v) is 3.29. The van der Waals surface area contributed by atoms with Crippen LogP contribution in [0.15, 0.2) is 23.1 Å². The second kappa shape index (κ2) is 3.59. The van der Waals surface area contributed by atoms with Crippen LogP contribution in [0.1, 0.15) is 26.3 Å². The third-order valence-electron chi connectivity index (χ3n) is 2.15. The summed E-state index contributed by atoms with van der Waals surface area (Å²) in [5.74, 6) is -0.525. The molecule has 0 bridgehead atoms. The quantitative estimate of drug-likeness (QED) is 0.743. The van der Waals surface area contributed by atoms with Gasteiger partial charge in [-0.3, -0.25) is 0 Å². The standard InChI is InChI=1S/C11H15FO2S/c1-11(2,3)9-6-5-8(12)7-10(9)15(4,13)14/h5-7H,1-4H3. The summed E-state index contributed by atoms with van der Waals surface area (Å²) < 4.78 is 36.0. The zero-order chi connectivity index (χ0) is 11.9. The van der Waals surface area contributed by atoms with Gasteiger partial charge in [-0.05, 0) is 23.1 Å². The molecular weight excluding hydrogens is 215 g/mol. The first kappa shape index (κ1) is 12.2. The van der Waals surface area contributed by atoms with E-state index in [9.17, 15) is 12.8 Å². The summed E-state index contributed by atoms with van der Waals surface area (Å²) in [7, 11) is -3.38. The largest absolute Gasteiger partial charge is 0.224 e. The lowest BCUT2D eigenvalue weighted by atomic mass is 9.87. The molecule has 0 unspecified atom stereocenters. The third kappa shape index (κ3) is 2.78. The maximum atomic E-state index is 13.0. The average Bonchev–Trinajstić information content (AvgIpc) is 2.00. The minimum atomic E-state index is -3.38. The summed E-state index contributed by atoms with van der Waals surface area (Å²) in [6.07, 6.45) is 1.09. The molecule has 0 N–H and O–H groups in total. The van der Waals surface area contributed by atoms with Crippen molar-refractivity contribution in [1.82, 2.24) is 0 Å². The van der Waals surface area contributed by atoms with Crippen molar-refractivity contribution in [3.63, 3.8) is 0 Å². The molecule has 0 spiro atoms. The molecule has 0 aliphatic heterocycles. The lowest BCUT2D eigenvalue weighted by molar-refractivity contribution is 0.554. The van der Waals surface area contributed by atoms with Crippen LogP contribution in [0.3, 0.4) is 0 Å². The predicted molar refractivity (Wildman–Crippen MR) is 58.2 cm³/mol. The maximum Gasteiger partial charge on any atom is 0.175 e. The summed E-state index contributed by atoms with van der Waals surface area (Å²) in [6.45, 7) is 5.69. The number of rotatable bonds is 1. The van der Waals surface area contributed by atoms with E-state index in [4.69, 9.17) is 0 Å². The van der Waals surface area contributed by atoms with Crippen LogP contribution in [-0.4, -0.2) is 14.7 Å². The fourth-order valence-corrected chi connectivity index (χ4v) is 2.52. The molecule has 1 aromatic carbocycles. The summed E-state index contributed by atoms with van der Waals surface area (Å²) in [6, 6.07) is 3.90. The lowest BCUT2D eigenvalue weighted by Gasteiger charge is -2.21. The van der Waals surface area contributed by atoms with Gasteiger partial charge in [-0.2, -0.15) is 0 Å². The average molecular weight is 230 g/mol. The van der Waals surface area contributed by atoms with Crippen LogP contribution in [0.2, 0.25) is 0 Å².